The lowest BCUT2D eigenvalue weighted by Gasteiger charge is -2.34. The lowest BCUT2D eigenvalue weighted by molar-refractivity contribution is 0.102. The molecular formula is C27H38N4OS. The van der Waals surface area contributed by atoms with Gasteiger partial charge in [0, 0.05) is 23.1 Å². The summed E-state index contributed by atoms with van der Waals surface area (Å²) in [6, 6.07) is 11.4. The van der Waals surface area contributed by atoms with Crippen LogP contribution in [-0.2, 0) is 0 Å². The van der Waals surface area contributed by atoms with Gasteiger partial charge in [-0.25, -0.2) is 4.98 Å². The van der Waals surface area contributed by atoms with Crippen LogP contribution in [0.15, 0.2) is 46.7 Å². The monoisotopic (exact) mass is 466 g/mol. The van der Waals surface area contributed by atoms with E-state index in [-0.39, 0.29) is 5.91 Å². The van der Waals surface area contributed by atoms with Crippen LogP contribution in [0.25, 0.3) is 5.57 Å². The molecule has 1 saturated heterocycles. The summed E-state index contributed by atoms with van der Waals surface area (Å²) < 4.78 is 0. The number of pyridine rings is 1. The Bertz CT molecular complexity index is 995. The summed E-state index contributed by atoms with van der Waals surface area (Å²) in [6.45, 7) is 11.3. The highest BCUT2D eigenvalue weighted by Crippen LogP contribution is 2.66. The first-order valence-corrected chi connectivity index (χ1v) is 14.4. The van der Waals surface area contributed by atoms with Crippen LogP contribution in [0.2, 0.25) is 0 Å². The first-order chi connectivity index (χ1) is 16.1. The van der Waals surface area contributed by atoms with Crippen molar-refractivity contribution in [2.24, 2.45) is 0 Å². The number of anilines is 2. The Hall–Kier alpha value is -2.31. The van der Waals surface area contributed by atoms with Gasteiger partial charge in [0.25, 0.3) is 5.91 Å². The molecule has 6 heteroatoms. The minimum Gasteiger partial charge on any atom is -0.384 e. The number of rotatable bonds is 9. The number of hydrogen-bond donors (Lipinski definition) is 2. The van der Waals surface area contributed by atoms with E-state index in [1.54, 1.807) is 0 Å². The Kier molecular flexibility index (Phi) is 7.76. The second kappa shape index (κ2) is 10.7. The molecule has 4 rings (SSSR count). The van der Waals surface area contributed by atoms with E-state index in [9.17, 15) is 4.79 Å². The van der Waals surface area contributed by atoms with Crippen LogP contribution in [0, 0.1) is 0 Å². The highest BCUT2D eigenvalue weighted by Gasteiger charge is 2.34. The van der Waals surface area contributed by atoms with Gasteiger partial charge in [-0.3, -0.25) is 4.79 Å². The molecule has 178 valence electrons. The highest BCUT2D eigenvalue weighted by atomic mass is 32.3. The largest absolute Gasteiger partial charge is 0.384 e. The number of piperidine rings is 1. The molecule has 1 fully saturated rings. The molecule has 2 aromatic rings. The van der Waals surface area contributed by atoms with Crippen molar-refractivity contribution < 1.29 is 4.79 Å². The van der Waals surface area contributed by atoms with E-state index in [0.29, 0.717) is 11.4 Å². The van der Waals surface area contributed by atoms with E-state index in [0.717, 1.165) is 42.4 Å². The van der Waals surface area contributed by atoms with Crippen LogP contribution in [0.1, 0.15) is 62.5 Å². The minimum absolute atomic E-state index is 0.122. The molecular weight excluding hydrogens is 428 g/mol. The number of nitrogens with one attached hydrogen (secondary N) is 2. The maximum atomic E-state index is 12.8. The number of carbonyl (C=O) groups excluding carboxylic acids is 1. The van der Waals surface area contributed by atoms with Gasteiger partial charge in [0.15, 0.2) is 0 Å². The van der Waals surface area contributed by atoms with Crippen molar-refractivity contribution in [1.29, 1.82) is 0 Å². The number of amides is 1. The summed E-state index contributed by atoms with van der Waals surface area (Å²) >= 11 is 0. The fourth-order valence-electron chi connectivity index (χ4n) is 5.01. The molecule has 1 aromatic carbocycles. The molecule has 2 aliphatic heterocycles. The summed E-state index contributed by atoms with van der Waals surface area (Å²) in [7, 11) is -1.04. The molecule has 0 radical (unpaired) electrons. The van der Waals surface area contributed by atoms with Crippen molar-refractivity contribution in [3.05, 3.63) is 53.1 Å². The minimum atomic E-state index is -1.04. The van der Waals surface area contributed by atoms with E-state index in [1.165, 1.54) is 42.8 Å². The van der Waals surface area contributed by atoms with Crippen LogP contribution >= 0.6 is 10.0 Å². The Morgan fingerprint density at radius 3 is 2.52 bits per heavy atom. The summed E-state index contributed by atoms with van der Waals surface area (Å²) in [6.07, 6.45) is 5.16. The zero-order chi connectivity index (χ0) is 23.3. The molecule has 1 amide bonds. The van der Waals surface area contributed by atoms with Crippen molar-refractivity contribution in [3.63, 3.8) is 0 Å². The van der Waals surface area contributed by atoms with Crippen LogP contribution in [0.5, 0.6) is 0 Å². The van der Waals surface area contributed by atoms with Crippen LogP contribution in [0.3, 0.4) is 0 Å². The molecule has 1 aromatic heterocycles. The van der Waals surface area contributed by atoms with Gasteiger partial charge in [-0.15, -0.1) is 0 Å². The third kappa shape index (κ3) is 5.28. The maximum Gasteiger partial charge on any atom is 0.256 e. The van der Waals surface area contributed by atoms with Gasteiger partial charge < -0.3 is 15.5 Å². The average molecular weight is 467 g/mol. The topological polar surface area (TPSA) is 57.3 Å². The molecule has 0 spiro atoms. The smallest absolute Gasteiger partial charge is 0.256 e. The molecule has 33 heavy (non-hydrogen) atoms. The maximum absolute atomic E-state index is 12.8. The van der Waals surface area contributed by atoms with Gasteiger partial charge in [-0.2, -0.15) is 10.0 Å². The van der Waals surface area contributed by atoms with Crippen molar-refractivity contribution in [2.45, 2.75) is 51.3 Å². The van der Waals surface area contributed by atoms with Crippen molar-refractivity contribution >= 4 is 33.0 Å². The van der Waals surface area contributed by atoms with E-state index >= 15 is 0 Å². The predicted octanol–water partition coefficient (Wildman–Crippen LogP) is 6.20. The van der Waals surface area contributed by atoms with E-state index in [4.69, 9.17) is 4.98 Å². The van der Waals surface area contributed by atoms with Crippen molar-refractivity contribution in [1.82, 2.24) is 9.88 Å². The number of carbonyl (C=O) groups is 1. The molecule has 0 saturated carbocycles. The lowest BCUT2D eigenvalue weighted by atomic mass is 10.1. The lowest BCUT2D eigenvalue weighted by Crippen LogP contribution is -2.31. The Balaban J connectivity index is 1.56. The van der Waals surface area contributed by atoms with Gasteiger partial charge in [0.2, 0.25) is 0 Å². The molecule has 5 nitrogen and oxygen atoms in total. The van der Waals surface area contributed by atoms with Crippen LogP contribution in [-0.4, -0.2) is 53.5 Å². The first-order valence-electron chi connectivity index (χ1n) is 12.4. The first kappa shape index (κ1) is 23.8. The fraction of sp³-hybridized carbons (Fsp3) is 0.481. The number of fused-ring (bicyclic) bond motifs is 1. The molecule has 0 atom stereocenters. The second-order valence-electron chi connectivity index (χ2n) is 9.06. The number of nitrogens with zero attached hydrogens (tertiary/aromatic N) is 2. The van der Waals surface area contributed by atoms with Gasteiger partial charge in [0.1, 0.15) is 5.82 Å². The zero-order valence-electron chi connectivity index (χ0n) is 20.3. The van der Waals surface area contributed by atoms with E-state index in [1.807, 2.05) is 30.3 Å². The molecule has 2 N–H and O–H groups in total. The average Bonchev–Trinajstić information content (AvgIpc) is 3.15. The van der Waals surface area contributed by atoms with Gasteiger partial charge in [0.05, 0.1) is 11.4 Å². The van der Waals surface area contributed by atoms with Crippen LogP contribution in [0.4, 0.5) is 11.5 Å². The zero-order valence-corrected chi connectivity index (χ0v) is 21.1. The summed E-state index contributed by atoms with van der Waals surface area (Å²) in [4.78, 5) is 21.7. The Labute approximate surface area is 200 Å². The number of hydrogen-bond acceptors (Lipinski definition) is 4. The van der Waals surface area contributed by atoms with E-state index < -0.39 is 10.0 Å². The third-order valence-corrected chi connectivity index (χ3v) is 11.0. The third-order valence-electron chi connectivity index (χ3n) is 6.88. The van der Waals surface area contributed by atoms with Gasteiger partial charge >= 0.3 is 0 Å². The Morgan fingerprint density at radius 2 is 1.82 bits per heavy atom. The SMILES string of the molecule is CCS1(CC)C=C(C)c2nc(NC(=O)c3ccccc3)cc(NCCCN3CCCCC3)c21. The second-order valence-corrected chi connectivity index (χ2v) is 12.7. The normalized spacial score (nSPS) is 18.3. The van der Waals surface area contributed by atoms with Crippen molar-refractivity contribution in [3.8, 4) is 0 Å². The molecule has 0 aliphatic carbocycles. The number of allylic oxidation sites excluding steroid dienone is 1. The number of likely N-dealkylation sites (tertiary alicyclic amines) is 1. The highest BCUT2D eigenvalue weighted by molar-refractivity contribution is 8.36. The number of aromatic nitrogens is 1. The Morgan fingerprint density at radius 1 is 1.09 bits per heavy atom. The summed E-state index contributed by atoms with van der Waals surface area (Å²) in [5.41, 5.74) is 4.08. The van der Waals surface area contributed by atoms with Crippen molar-refractivity contribution in [2.75, 3.05) is 48.3 Å². The summed E-state index contributed by atoms with van der Waals surface area (Å²) in [5.74, 6) is 2.74. The quantitative estimate of drug-likeness (QED) is 0.432. The number of benzene rings is 1. The van der Waals surface area contributed by atoms with Gasteiger partial charge in [-0.05, 0) is 80.4 Å². The molecule has 3 heterocycles. The molecule has 2 aliphatic rings. The van der Waals surface area contributed by atoms with Crippen LogP contribution < -0.4 is 10.6 Å². The molecule has 0 unspecified atom stereocenters. The van der Waals surface area contributed by atoms with Gasteiger partial charge in [-0.1, -0.05) is 38.5 Å². The molecule has 0 bridgehead atoms. The predicted molar refractivity (Wildman–Crippen MR) is 143 cm³/mol. The summed E-state index contributed by atoms with van der Waals surface area (Å²) in [5, 5.41) is 9.25. The standard InChI is InChI=1S/C27H38N4OS/c1-4-33(5-2)20-21(3)25-26(33)23(28-15-12-18-31-16-10-7-11-17-31)19-24(29-25)30-27(32)22-13-8-6-9-14-22/h6,8-9,13-14,19-20H,4-5,7,10-12,15-18H2,1-3H3,(H2,28,29,30,32). The van der Waals surface area contributed by atoms with E-state index in [2.05, 4.69) is 47.8 Å². The fourth-order valence-corrected chi connectivity index (χ4v) is 8.39.